The van der Waals surface area contributed by atoms with Crippen LogP contribution in [0.25, 0.3) is 16.9 Å². The second-order valence-corrected chi connectivity index (χ2v) is 7.76. The number of amides is 1. The van der Waals surface area contributed by atoms with Gasteiger partial charge in [0.05, 0.1) is 24.1 Å². The lowest BCUT2D eigenvalue weighted by atomic mass is 10.1. The molecule has 10 heteroatoms. The minimum atomic E-state index is -0.585. The first-order valence-corrected chi connectivity index (χ1v) is 10.3. The lowest BCUT2D eigenvalue weighted by Crippen LogP contribution is -2.35. The Balaban J connectivity index is 1.76. The van der Waals surface area contributed by atoms with Gasteiger partial charge in [-0.1, -0.05) is 23.7 Å². The largest absolute Gasteiger partial charge is 0.345 e. The maximum absolute atomic E-state index is 13.2. The molecule has 4 aromatic rings. The van der Waals surface area contributed by atoms with Crippen molar-refractivity contribution >= 4 is 17.5 Å². The average Bonchev–Trinajstić information content (AvgIpc) is 3.25. The van der Waals surface area contributed by atoms with Crippen LogP contribution in [0.15, 0.2) is 65.8 Å². The Morgan fingerprint density at radius 2 is 1.97 bits per heavy atom. The van der Waals surface area contributed by atoms with Crippen molar-refractivity contribution < 1.29 is 4.79 Å². The molecule has 0 aliphatic heterocycles. The number of halogens is 1. The second-order valence-electron chi connectivity index (χ2n) is 7.32. The van der Waals surface area contributed by atoms with Crippen molar-refractivity contribution in [2.75, 3.05) is 0 Å². The third-order valence-electron chi connectivity index (χ3n) is 4.98. The third-order valence-corrected chi connectivity index (χ3v) is 5.23. The number of aromatic nitrogens is 5. The minimum absolute atomic E-state index is 0.0831. The van der Waals surface area contributed by atoms with Gasteiger partial charge in [0.25, 0.3) is 11.5 Å². The Morgan fingerprint density at radius 3 is 2.64 bits per heavy atom. The summed E-state index contributed by atoms with van der Waals surface area (Å²) in [6.45, 7) is 1.76. The molecule has 0 spiro atoms. The number of hydrogen-bond donors (Lipinski definition) is 1. The van der Waals surface area contributed by atoms with Crippen LogP contribution in [-0.2, 0) is 7.05 Å². The van der Waals surface area contributed by atoms with E-state index < -0.39 is 17.5 Å². The average molecular weight is 460 g/mol. The van der Waals surface area contributed by atoms with E-state index in [4.69, 9.17) is 16.9 Å². The standard InChI is InChI=1S/C23H18ClN7O2/c1-14(16-7-8-26-18(9-16)11-25)28-22(32)20-10-21(15-3-5-17(24)6-4-15)29-31(23(20)33)19-12-27-30(2)13-19/h3-10,12-14H,1-2H3,(H,28,32). The number of hydrogen-bond acceptors (Lipinski definition) is 6. The van der Waals surface area contributed by atoms with E-state index in [1.807, 2.05) is 6.07 Å². The molecular weight excluding hydrogens is 442 g/mol. The summed E-state index contributed by atoms with van der Waals surface area (Å²) >= 11 is 6.00. The molecule has 1 unspecified atom stereocenters. The van der Waals surface area contributed by atoms with Gasteiger partial charge in [0.1, 0.15) is 23.0 Å². The van der Waals surface area contributed by atoms with E-state index in [-0.39, 0.29) is 11.3 Å². The van der Waals surface area contributed by atoms with Gasteiger partial charge >= 0.3 is 0 Å². The number of rotatable bonds is 5. The van der Waals surface area contributed by atoms with E-state index in [1.165, 1.54) is 23.1 Å². The number of carbonyl (C=O) groups excluding carboxylic acids is 1. The molecule has 0 saturated heterocycles. The van der Waals surface area contributed by atoms with Crippen LogP contribution in [0, 0.1) is 11.3 Å². The summed E-state index contributed by atoms with van der Waals surface area (Å²) in [6, 6.07) is 13.2. The fourth-order valence-corrected chi connectivity index (χ4v) is 3.37. The normalized spacial score (nSPS) is 11.6. The smallest absolute Gasteiger partial charge is 0.284 e. The third kappa shape index (κ3) is 4.66. The molecule has 3 heterocycles. The molecule has 1 amide bonds. The van der Waals surface area contributed by atoms with Crippen molar-refractivity contribution in [2.45, 2.75) is 13.0 Å². The van der Waals surface area contributed by atoms with Crippen LogP contribution >= 0.6 is 11.6 Å². The summed E-state index contributed by atoms with van der Waals surface area (Å²) in [6.07, 6.45) is 4.62. The van der Waals surface area contributed by atoms with Crippen LogP contribution in [0.5, 0.6) is 0 Å². The van der Waals surface area contributed by atoms with Crippen LogP contribution in [0.1, 0.15) is 34.6 Å². The lowest BCUT2D eigenvalue weighted by molar-refractivity contribution is 0.0937. The Morgan fingerprint density at radius 1 is 1.21 bits per heavy atom. The Bertz CT molecular complexity index is 1430. The highest BCUT2D eigenvalue weighted by molar-refractivity contribution is 6.30. The molecular formula is C23H18ClN7O2. The Hall–Kier alpha value is -4.29. The van der Waals surface area contributed by atoms with E-state index in [0.717, 1.165) is 4.68 Å². The molecule has 0 aliphatic carbocycles. The lowest BCUT2D eigenvalue weighted by Gasteiger charge is -2.15. The van der Waals surface area contributed by atoms with Crippen LogP contribution in [0.2, 0.25) is 5.02 Å². The van der Waals surface area contributed by atoms with Crippen molar-refractivity contribution in [3.63, 3.8) is 0 Å². The molecule has 3 aromatic heterocycles. The van der Waals surface area contributed by atoms with E-state index in [1.54, 1.807) is 56.6 Å². The van der Waals surface area contributed by atoms with E-state index in [0.29, 0.717) is 27.5 Å². The number of pyridine rings is 1. The fourth-order valence-electron chi connectivity index (χ4n) is 3.25. The van der Waals surface area contributed by atoms with Gasteiger partial charge in [0.2, 0.25) is 0 Å². The van der Waals surface area contributed by atoms with Gasteiger partial charge in [-0.2, -0.15) is 20.1 Å². The summed E-state index contributed by atoms with van der Waals surface area (Å²) in [5.74, 6) is -0.571. The quantitative estimate of drug-likeness (QED) is 0.490. The molecule has 0 radical (unpaired) electrons. The topological polar surface area (TPSA) is 118 Å². The molecule has 1 N–H and O–H groups in total. The first-order valence-electron chi connectivity index (χ1n) is 9.92. The predicted octanol–water partition coefficient (Wildman–Crippen LogP) is 3.04. The zero-order valence-corrected chi connectivity index (χ0v) is 18.5. The summed E-state index contributed by atoms with van der Waals surface area (Å²) in [5, 5.41) is 21.0. The highest BCUT2D eigenvalue weighted by Crippen LogP contribution is 2.21. The van der Waals surface area contributed by atoms with Gasteiger partial charge in [-0.15, -0.1) is 0 Å². The van der Waals surface area contributed by atoms with E-state index in [2.05, 4.69) is 20.5 Å². The van der Waals surface area contributed by atoms with Gasteiger partial charge in [0.15, 0.2) is 0 Å². The second kappa shape index (κ2) is 9.06. The highest BCUT2D eigenvalue weighted by atomic mass is 35.5. The maximum atomic E-state index is 13.2. The number of benzene rings is 1. The molecule has 0 fully saturated rings. The SMILES string of the molecule is CC(NC(=O)c1cc(-c2ccc(Cl)cc2)nn(-c2cnn(C)c2)c1=O)c1ccnc(C#N)c1. The monoisotopic (exact) mass is 459 g/mol. The van der Waals surface area contributed by atoms with Crippen molar-refractivity contribution in [1.29, 1.82) is 5.26 Å². The molecule has 4 rings (SSSR count). The fraction of sp³-hybridized carbons (Fsp3) is 0.130. The van der Waals surface area contributed by atoms with E-state index in [9.17, 15) is 9.59 Å². The van der Waals surface area contributed by atoms with Crippen LogP contribution in [0.3, 0.4) is 0 Å². The number of nitrogens with zero attached hydrogens (tertiary/aromatic N) is 6. The molecule has 0 aliphatic rings. The highest BCUT2D eigenvalue weighted by Gasteiger charge is 2.20. The number of nitriles is 1. The van der Waals surface area contributed by atoms with Crippen LogP contribution in [-0.4, -0.2) is 30.5 Å². The van der Waals surface area contributed by atoms with Crippen molar-refractivity contribution in [3.05, 3.63) is 93.3 Å². The van der Waals surface area contributed by atoms with E-state index >= 15 is 0 Å². The molecule has 1 atom stereocenters. The molecule has 9 nitrogen and oxygen atoms in total. The summed E-state index contributed by atoms with van der Waals surface area (Å²) in [7, 11) is 1.72. The van der Waals surface area contributed by atoms with Gasteiger partial charge < -0.3 is 5.32 Å². The summed E-state index contributed by atoms with van der Waals surface area (Å²) in [5.41, 5.74) is 1.79. The summed E-state index contributed by atoms with van der Waals surface area (Å²) in [4.78, 5) is 30.3. The maximum Gasteiger partial charge on any atom is 0.284 e. The van der Waals surface area contributed by atoms with Crippen molar-refractivity contribution in [2.24, 2.45) is 7.05 Å². The molecule has 1 aromatic carbocycles. The van der Waals surface area contributed by atoms with Gasteiger partial charge in [-0.25, -0.2) is 4.98 Å². The number of nitrogens with one attached hydrogen (secondary N) is 1. The predicted molar refractivity (Wildman–Crippen MR) is 122 cm³/mol. The first kappa shape index (κ1) is 21.9. The Kier molecular flexibility index (Phi) is 6.02. The molecule has 0 saturated carbocycles. The van der Waals surface area contributed by atoms with Gasteiger partial charge in [-0.05, 0) is 42.8 Å². The Labute approximate surface area is 193 Å². The van der Waals surface area contributed by atoms with Crippen molar-refractivity contribution in [1.82, 2.24) is 29.9 Å². The summed E-state index contributed by atoms with van der Waals surface area (Å²) < 4.78 is 2.69. The molecule has 164 valence electrons. The zero-order chi connectivity index (χ0) is 23.5. The van der Waals surface area contributed by atoms with Gasteiger partial charge in [0, 0.05) is 23.8 Å². The first-order chi connectivity index (χ1) is 15.9. The number of carbonyl (C=O) groups is 1. The number of aryl methyl sites for hydroxylation is 1. The van der Waals surface area contributed by atoms with Crippen LogP contribution < -0.4 is 10.9 Å². The van der Waals surface area contributed by atoms with Crippen molar-refractivity contribution in [3.8, 4) is 23.0 Å². The molecule has 0 bridgehead atoms. The molecule has 33 heavy (non-hydrogen) atoms. The van der Waals surface area contributed by atoms with Gasteiger partial charge in [-0.3, -0.25) is 14.3 Å². The minimum Gasteiger partial charge on any atom is -0.345 e. The van der Waals surface area contributed by atoms with Crippen LogP contribution in [0.4, 0.5) is 0 Å². The zero-order valence-electron chi connectivity index (χ0n) is 17.7.